The maximum absolute atomic E-state index is 12.6. The van der Waals surface area contributed by atoms with Crippen molar-refractivity contribution in [2.45, 2.75) is 27.3 Å². The van der Waals surface area contributed by atoms with Crippen LogP contribution in [0.25, 0.3) is 11.4 Å². The van der Waals surface area contributed by atoms with Crippen LogP contribution in [-0.4, -0.2) is 22.4 Å². The summed E-state index contributed by atoms with van der Waals surface area (Å²) in [7, 11) is 0. The number of amides is 1. The van der Waals surface area contributed by atoms with Crippen LogP contribution in [0.2, 0.25) is 0 Å². The van der Waals surface area contributed by atoms with Crippen molar-refractivity contribution < 1.29 is 4.79 Å². The van der Waals surface area contributed by atoms with Crippen molar-refractivity contribution in [2.75, 3.05) is 11.9 Å². The molecule has 0 unspecified atom stereocenters. The lowest BCUT2D eigenvalue weighted by Gasteiger charge is -2.12. The first-order valence-electron chi connectivity index (χ1n) is 9.53. The molecule has 0 aliphatic carbocycles. The molecule has 1 amide bonds. The molecule has 1 heterocycles. The van der Waals surface area contributed by atoms with Crippen LogP contribution in [-0.2, 0) is 6.54 Å². The second-order valence-electron chi connectivity index (χ2n) is 7.27. The van der Waals surface area contributed by atoms with Crippen molar-refractivity contribution in [1.29, 1.82) is 0 Å². The van der Waals surface area contributed by atoms with Gasteiger partial charge in [-0.1, -0.05) is 74.0 Å². The van der Waals surface area contributed by atoms with Crippen LogP contribution in [0.3, 0.4) is 0 Å². The van der Waals surface area contributed by atoms with Crippen molar-refractivity contribution in [1.82, 2.24) is 15.3 Å². The molecular weight excluding hydrogens is 348 g/mol. The summed E-state index contributed by atoms with van der Waals surface area (Å²) in [5.74, 6) is 1.35. The molecule has 5 nitrogen and oxygen atoms in total. The molecule has 0 saturated heterocycles. The second-order valence-corrected chi connectivity index (χ2v) is 7.27. The zero-order chi connectivity index (χ0) is 19.9. The molecule has 0 atom stereocenters. The number of carbonyl (C=O) groups is 1. The van der Waals surface area contributed by atoms with Crippen LogP contribution >= 0.6 is 0 Å². The fraction of sp³-hybridized carbons (Fsp3) is 0.261. The van der Waals surface area contributed by atoms with Gasteiger partial charge in [0.05, 0.1) is 0 Å². The molecule has 2 aromatic carbocycles. The topological polar surface area (TPSA) is 66.9 Å². The van der Waals surface area contributed by atoms with Gasteiger partial charge in [-0.2, -0.15) is 0 Å². The summed E-state index contributed by atoms with van der Waals surface area (Å²) in [4.78, 5) is 21.7. The molecule has 0 radical (unpaired) electrons. The minimum Gasteiger partial charge on any atom is -0.366 e. The molecule has 0 spiro atoms. The predicted molar refractivity (Wildman–Crippen MR) is 113 cm³/mol. The molecular formula is C23H26N4O. The lowest BCUT2D eigenvalue weighted by molar-refractivity contribution is 0.0944. The molecule has 0 aliphatic heterocycles. The van der Waals surface area contributed by atoms with Crippen LogP contribution in [0, 0.1) is 12.8 Å². The number of aromatic nitrogens is 2. The maximum atomic E-state index is 12.6. The van der Waals surface area contributed by atoms with Gasteiger partial charge < -0.3 is 10.6 Å². The minimum atomic E-state index is -0.188. The van der Waals surface area contributed by atoms with E-state index in [1.165, 1.54) is 5.56 Å². The molecule has 1 aromatic heterocycles. The lowest BCUT2D eigenvalue weighted by atomic mass is 10.1. The van der Waals surface area contributed by atoms with E-state index in [-0.39, 0.29) is 5.91 Å². The Hall–Kier alpha value is -3.21. The number of anilines is 1. The number of carbonyl (C=O) groups excluding carboxylic acids is 1. The van der Waals surface area contributed by atoms with Crippen molar-refractivity contribution in [3.63, 3.8) is 0 Å². The van der Waals surface area contributed by atoms with E-state index < -0.39 is 0 Å². The van der Waals surface area contributed by atoms with E-state index in [9.17, 15) is 4.79 Å². The highest BCUT2D eigenvalue weighted by atomic mass is 16.1. The van der Waals surface area contributed by atoms with Gasteiger partial charge in [0.2, 0.25) is 0 Å². The molecule has 0 aliphatic rings. The number of rotatable bonds is 7. The number of hydrogen-bond donors (Lipinski definition) is 2. The van der Waals surface area contributed by atoms with Crippen LogP contribution in [0.15, 0.2) is 60.7 Å². The van der Waals surface area contributed by atoms with Crippen molar-refractivity contribution in [3.05, 3.63) is 77.5 Å². The molecule has 3 rings (SSSR count). The van der Waals surface area contributed by atoms with E-state index in [0.717, 1.165) is 11.1 Å². The molecule has 28 heavy (non-hydrogen) atoms. The maximum Gasteiger partial charge on any atom is 0.270 e. The third kappa shape index (κ3) is 5.39. The standard InChI is InChI=1S/C23H26N4O/c1-16(2)14-25-23(28)20-13-21(24-15-18-11-9-17(3)10-12-18)27-22(26-20)19-7-5-4-6-8-19/h4-13,16H,14-15H2,1-3H3,(H,25,28)(H,24,26,27). The Kier molecular flexibility index (Phi) is 6.37. The number of aryl methyl sites for hydroxylation is 1. The van der Waals surface area contributed by atoms with E-state index in [1.807, 2.05) is 30.3 Å². The fourth-order valence-electron chi connectivity index (χ4n) is 2.66. The SMILES string of the molecule is Cc1ccc(CNc2cc(C(=O)NCC(C)C)nc(-c3ccccc3)n2)cc1. The molecule has 0 bridgehead atoms. The highest BCUT2D eigenvalue weighted by Gasteiger charge is 2.13. The van der Waals surface area contributed by atoms with E-state index >= 15 is 0 Å². The molecule has 2 N–H and O–H groups in total. The summed E-state index contributed by atoms with van der Waals surface area (Å²) in [5.41, 5.74) is 3.61. The van der Waals surface area contributed by atoms with Crippen LogP contribution in [0.5, 0.6) is 0 Å². The second kappa shape index (κ2) is 9.13. The predicted octanol–water partition coefficient (Wildman–Crippen LogP) is 4.45. The quantitative estimate of drug-likeness (QED) is 0.641. The van der Waals surface area contributed by atoms with Gasteiger partial charge in [0.15, 0.2) is 5.82 Å². The highest BCUT2D eigenvalue weighted by Crippen LogP contribution is 2.18. The van der Waals surface area contributed by atoms with Gasteiger partial charge in [-0.05, 0) is 18.4 Å². The average molecular weight is 374 g/mol. The minimum absolute atomic E-state index is 0.188. The van der Waals surface area contributed by atoms with Crippen molar-refractivity contribution in [2.24, 2.45) is 5.92 Å². The van der Waals surface area contributed by atoms with Crippen LogP contribution in [0.4, 0.5) is 5.82 Å². The first-order chi connectivity index (χ1) is 13.5. The first-order valence-corrected chi connectivity index (χ1v) is 9.53. The zero-order valence-electron chi connectivity index (χ0n) is 16.6. The van der Waals surface area contributed by atoms with Gasteiger partial charge in [-0.25, -0.2) is 9.97 Å². The molecule has 3 aromatic rings. The van der Waals surface area contributed by atoms with Gasteiger partial charge in [0, 0.05) is 24.7 Å². The van der Waals surface area contributed by atoms with Gasteiger partial charge in [-0.15, -0.1) is 0 Å². The fourth-order valence-corrected chi connectivity index (χ4v) is 2.66. The summed E-state index contributed by atoms with van der Waals surface area (Å²) in [6.45, 7) is 7.42. The Morgan fingerprint density at radius 3 is 2.39 bits per heavy atom. The van der Waals surface area contributed by atoms with Gasteiger partial charge >= 0.3 is 0 Å². The van der Waals surface area contributed by atoms with Gasteiger partial charge in [0.25, 0.3) is 5.91 Å². The Morgan fingerprint density at radius 2 is 1.71 bits per heavy atom. The average Bonchev–Trinajstić information content (AvgIpc) is 2.72. The number of hydrogen-bond acceptors (Lipinski definition) is 4. The Balaban J connectivity index is 1.86. The van der Waals surface area contributed by atoms with Crippen molar-refractivity contribution >= 4 is 11.7 Å². The lowest BCUT2D eigenvalue weighted by Crippen LogP contribution is -2.28. The number of benzene rings is 2. The monoisotopic (exact) mass is 374 g/mol. The molecule has 0 fully saturated rings. The Bertz CT molecular complexity index is 921. The molecule has 5 heteroatoms. The summed E-state index contributed by atoms with van der Waals surface area (Å²) < 4.78 is 0. The number of nitrogens with one attached hydrogen (secondary N) is 2. The third-order valence-corrected chi connectivity index (χ3v) is 4.26. The van der Waals surface area contributed by atoms with Crippen LogP contribution in [0.1, 0.15) is 35.5 Å². The molecule has 0 saturated carbocycles. The third-order valence-electron chi connectivity index (χ3n) is 4.26. The first kappa shape index (κ1) is 19.5. The Labute approximate surface area is 166 Å². The summed E-state index contributed by atoms with van der Waals surface area (Å²) in [6.07, 6.45) is 0. The number of nitrogens with zero attached hydrogens (tertiary/aromatic N) is 2. The van der Waals surface area contributed by atoms with E-state index in [4.69, 9.17) is 0 Å². The van der Waals surface area contributed by atoms with Crippen molar-refractivity contribution in [3.8, 4) is 11.4 Å². The van der Waals surface area contributed by atoms with E-state index in [0.29, 0.717) is 36.3 Å². The summed E-state index contributed by atoms with van der Waals surface area (Å²) in [5, 5.41) is 6.25. The van der Waals surface area contributed by atoms with Gasteiger partial charge in [0.1, 0.15) is 11.5 Å². The van der Waals surface area contributed by atoms with Gasteiger partial charge in [-0.3, -0.25) is 4.79 Å². The highest BCUT2D eigenvalue weighted by molar-refractivity contribution is 5.93. The zero-order valence-corrected chi connectivity index (χ0v) is 16.6. The van der Waals surface area contributed by atoms with Crippen LogP contribution < -0.4 is 10.6 Å². The summed E-state index contributed by atoms with van der Waals surface area (Å²) in [6, 6.07) is 19.7. The normalized spacial score (nSPS) is 10.7. The largest absolute Gasteiger partial charge is 0.366 e. The molecule has 144 valence electrons. The van der Waals surface area contributed by atoms with E-state index in [1.54, 1.807) is 6.07 Å². The summed E-state index contributed by atoms with van der Waals surface area (Å²) >= 11 is 0. The smallest absolute Gasteiger partial charge is 0.270 e. The Morgan fingerprint density at radius 1 is 1.00 bits per heavy atom. The van der Waals surface area contributed by atoms with E-state index in [2.05, 4.69) is 65.6 Å².